The third-order valence-electron chi connectivity index (χ3n) is 2.32. The summed E-state index contributed by atoms with van der Waals surface area (Å²) < 4.78 is 10.5. The number of hydrogen-bond acceptors (Lipinski definition) is 4. The van der Waals surface area contributed by atoms with E-state index in [0.717, 1.165) is 44.9 Å². The van der Waals surface area contributed by atoms with Crippen LogP contribution in [0.25, 0.3) is 0 Å². The van der Waals surface area contributed by atoms with Crippen molar-refractivity contribution in [2.45, 2.75) is 19.8 Å². The van der Waals surface area contributed by atoms with Gasteiger partial charge in [0.25, 0.3) is 0 Å². The molecule has 1 N–H and O–H groups in total. The number of rotatable bonds is 9. The largest absolute Gasteiger partial charge is 0.492 e. The Morgan fingerprint density at radius 3 is 2.88 bits per heavy atom. The van der Waals surface area contributed by atoms with E-state index in [4.69, 9.17) is 9.47 Å². The SMILES string of the molecule is CCCOc1cncc(CCNCCOC)c1. The highest BCUT2D eigenvalue weighted by Gasteiger charge is 1.97. The Hall–Kier alpha value is -1.13. The summed E-state index contributed by atoms with van der Waals surface area (Å²) >= 11 is 0. The molecule has 0 aliphatic heterocycles. The minimum absolute atomic E-state index is 0.747. The van der Waals surface area contributed by atoms with Gasteiger partial charge in [0.2, 0.25) is 0 Å². The molecular weight excluding hydrogens is 216 g/mol. The second kappa shape index (κ2) is 8.96. The van der Waals surface area contributed by atoms with Crippen LogP contribution in [0.1, 0.15) is 18.9 Å². The molecule has 1 rings (SSSR count). The molecule has 0 bridgehead atoms. The number of hydrogen-bond donors (Lipinski definition) is 1. The molecule has 4 nitrogen and oxygen atoms in total. The summed E-state index contributed by atoms with van der Waals surface area (Å²) in [5, 5.41) is 3.30. The van der Waals surface area contributed by atoms with Gasteiger partial charge in [0.05, 0.1) is 19.4 Å². The summed E-state index contributed by atoms with van der Waals surface area (Å²) in [4.78, 5) is 4.18. The normalized spacial score (nSPS) is 10.5. The van der Waals surface area contributed by atoms with Crippen LogP contribution in [0, 0.1) is 0 Å². The van der Waals surface area contributed by atoms with Gasteiger partial charge >= 0.3 is 0 Å². The van der Waals surface area contributed by atoms with Gasteiger partial charge in [0, 0.05) is 19.9 Å². The van der Waals surface area contributed by atoms with Gasteiger partial charge in [-0.25, -0.2) is 0 Å². The van der Waals surface area contributed by atoms with Crippen molar-refractivity contribution in [1.82, 2.24) is 10.3 Å². The van der Waals surface area contributed by atoms with E-state index in [1.54, 1.807) is 13.3 Å². The predicted octanol–water partition coefficient (Wildman–Crippen LogP) is 1.65. The van der Waals surface area contributed by atoms with Crippen molar-refractivity contribution in [2.24, 2.45) is 0 Å². The van der Waals surface area contributed by atoms with Crippen LogP contribution < -0.4 is 10.1 Å². The standard InChI is InChI=1S/C13H22N2O2/c1-3-7-17-13-9-12(10-15-11-13)4-5-14-6-8-16-2/h9-11,14H,3-8H2,1-2H3. The maximum absolute atomic E-state index is 5.54. The number of nitrogens with zero attached hydrogens (tertiary/aromatic N) is 1. The molecule has 0 aliphatic carbocycles. The zero-order valence-corrected chi connectivity index (χ0v) is 10.7. The van der Waals surface area contributed by atoms with E-state index >= 15 is 0 Å². The average Bonchev–Trinajstić information content (AvgIpc) is 2.37. The van der Waals surface area contributed by atoms with Gasteiger partial charge in [-0.1, -0.05) is 6.92 Å². The van der Waals surface area contributed by atoms with Crippen LogP contribution in [-0.4, -0.2) is 38.4 Å². The van der Waals surface area contributed by atoms with Crippen molar-refractivity contribution < 1.29 is 9.47 Å². The topological polar surface area (TPSA) is 43.4 Å². The van der Waals surface area contributed by atoms with Gasteiger partial charge in [-0.05, 0) is 31.0 Å². The molecule has 0 saturated carbocycles. The van der Waals surface area contributed by atoms with E-state index in [0.29, 0.717) is 0 Å². The first-order valence-electron chi connectivity index (χ1n) is 6.13. The van der Waals surface area contributed by atoms with Crippen molar-refractivity contribution in [1.29, 1.82) is 0 Å². The van der Waals surface area contributed by atoms with Gasteiger partial charge in [0.1, 0.15) is 5.75 Å². The quantitative estimate of drug-likeness (QED) is 0.664. The first kappa shape index (κ1) is 13.9. The molecule has 0 atom stereocenters. The van der Waals surface area contributed by atoms with E-state index < -0.39 is 0 Å². The Kier molecular flexibility index (Phi) is 7.34. The minimum Gasteiger partial charge on any atom is -0.492 e. The summed E-state index contributed by atoms with van der Waals surface area (Å²) in [5.74, 6) is 0.862. The molecule has 1 aromatic heterocycles. The van der Waals surface area contributed by atoms with E-state index in [1.165, 1.54) is 5.56 Å². The Morgan fingerprint density at radius 2 is 2.12 bits per heavy atom. The first-order chi connectivity index (χ1) is 8.36. The second-order valence-corrected chi connectivity index (χ2v) is 3.87. The number of nitrogens with one attached hydrogen (secondary N) is 1. The lowest BCUT2D eigenvalue weighted by Crippen LogP contribution is -2.21. The molecule has 17 heavy (non-hydrogen) atoms. The second-order valence-electron chi connectivity index (χ2n) is 3.87. The average molecular weight is 238 g/mol. The molecule has 0 amide bonds. The highest BCUT2D eigenvalue weighted by molar-refractivity contribution is 5.23. The van der Waals surface area contributed by atoms with Crippen LogP contribution >= 0.6 is 0 Å². The maximum Gasteiger partial charge on any atom is 0.137 e. The molecular formula is C13H22N2O2. The lowest BCUT2D eigenvalue weighted by atomic mass is 10.2. The fraction of sp³-hybridized carbons (Fsp3) is 0.615. The molecule has 0 spiro atoms. The van der Waals surface area contributed by atoms with Gasteiger partial charge in [-0.15, -0.1) is 0 Å². The fourth-order valence-electron chi connectivity index (χ4n) is 1.43. The summed E-state index contributed by atoms with van der Waals surface area (Å²) in [7, 11) is 1.71. The Labute approximate surface area is 103 Å². The predicted molar refractivity (Wildman–Crippen MR) is 68.5 cm³/mol. The van der Waals surface area contributed by atoms with E-state index in [1.807, 2.05) is 6.20 Å². The van der Waals surface area contributed by atoms with Crippen LogP contribution in [0.3, 0.4) is 0 Å². The third kappa shape index (κ3) is 6.24. The number of pyridine rings is 1. The first-order valence-corrected chi connectivity index (χ1v) is 6.13. The van der Waals surface area contributed by atoms with Crippen molar-refractivity contribution in [3.05, 3.63) is 24.0 Å². The molecule has 0 fully saturated rings. The molecule has 0 saturated heterocycles. The number of methoxy groups -OCH3 is 1. The van der Waals surface area contributed by atoms with E-state index in [9.17, 15) is 0 Å². The summed E-state index contributed by atoms with van der Waals surface area (Å²) in [6.45, 7) is 5.41. The maximum atomic E-state index is 5.54. The molecule has 0 radical (unpaired) electrons. The van der Waals surface area contributed by atoms with Gasteiger partial charge < -0.3 is 14.8 Å². The van der Waals surface area contributed by atoms with Crippen LogP contribution in [0.5, 0.6) is 5.75 Å². The van der Waals surface area contributed by atoms with Crippen molar-refractivity contribution in [3.63, 3.8) is 0 Å². The summed E-state index contributed by atoms with van der Waals surface area (Å²) in [6, 6.07) is 2.06. The van der Waals surface area contributed by atoms with Crippen molar-refractivity contribution >= 4 is 0 Å². The summed E-state index contributed by atoms with van der Waals surface area (Å²) in [6.07, 6.45) is 5.62. The molecule has 96 valence electrons. The van der Waals surface area contributed by atoms with Gasteiger partial charge in [0.15, 0.2) is 0 Å². The molecule has 0 aliphatic rings. The molecule has 0 unspecified atom stereocenters. The zero-order valence-electron chi connectivity index (χ0n) is 10.7. The highest BCUT2D eigenvalue weighted by atomic mass is 16.5. The Bertz CT molecular complexity index is 305. The molecule has 1 aromatic rings. The Balaban J connectivity index is 2.27. The van der Waals surface area contributed by atoms with Crippen molar-refractivity contribution in [2.75, 3.05) is 33.4 Å². The zero-order chi connectivity index (χ0) is 12.3. The van der Waals surface area contributed by atoms with Crippen LogP contribution in [0.2, 0.25) is 0 Å². The van der Waals surface area contributed by atoms with Gasteiger partial charge in [-0.3, -0.25) is 4.98 Å². The number of ether oxygens (including phenoxy) is 2. The van der Waals surface area contributed by atoms with Crippen LogP contribution in [0.15, 0.2) is 18.5 Å². The Morgan fingerprint density at radius 1 is 1.24 bits per heavy atom. The fourth-order valence-corrected chi connectivity index (χ4v) is 1.43. The highest BCUT2D eigenvalue weighted by Crippen LogP contribution is 2.11. The van der Waals surface area contributed by atoms with E-state index in [2.05, 4.69) is 23.3 Å². The minimum atomic E-state index is 0.747. The molecule has 4 heteroatoms. The van der Waals surface area contributed by atoms with Gasteiger partial charge in [-0.2, -0.15) is 0 Å². The number of aromatic nitrogens is 1. The molecule has 0 aromatic carbocycles. The smallest absolute Gasteiger partial charge is 0.137 e. The summed E-state index contributed by atoms with van der Waals surface area (Å²) in [5.41, 5.74) is 1.20. The van der Waals surface area contributed by atoms with Crippen molar-refractivity contribution in [3.8, 4) is 5.75 Å². The lowest BCUT2D eigenvalue weighted by molar-refractivity contribution is 0.199. The lowest BCUT2D eigenvalue weighted by Gasteiger charge is -2.07. The van der Waals surface area contributed by atoms with Crippen LogP contribution in [0.4, 0.5) is 0 Å². The third-order valence-corrected chi connectivity index (χ3v) is 2.32. The van der Waals surface area contributed by atoms with Crippen LogP contribution in [-0.2, 0) is 11.2 Å². The molecule has 1 heterocycles. The monoisotopic (exact) mass is 238 g/mol. The van der Waals surface area contributed by atoms with E-state index in [-0.39, 0.29) is 0 Å².